The largest absolute Gasteiger partial charge is 0.355 e. The van der Waals surface area contributed by atoms with Crippen LogP contribution in [0.2, 0.25) is 0 Å². The molecule has 0 aliphatic carbocycles. The van der Waals surface area contributed by atoms with Gasteiger partial charge in [0.2, 0.25) is 5.91 Å². The van der Waals surface area contributed by atoms with Gasteiger partial charge in [-0.25, -0.2) is 0 Å². The highest BCUT2D eigenvalue weighted by Gasteiger charge is 2.29. The van der Waals surface area contributed by atoms with Gasteiger partial charge in [-0.15, -0.1) is 5.10 Å². The van der Waals surface area contributed by atoms with Crippen molar-refractivity contribution in [2.24, 2.45) is 0 Å². The zero-order valence-electron chi connectivity index (χ0n) is 16.4. The van der Waals surface area contributed by atoms with Gasteiger partial charge in [-0.1, -0.05) is 9.64 Å². The number of nitrogens with zero attached hydrogens (tertiary/aromatic N) is 6. The number of carbonyl (C=O) groups excluding carboxylic acids is 1. The van der Waals surface area contributed by atoms with E-state index >= 15 is 0 Å². The maximum atomic E-state index is 12.8. The van der Waals surface area contributed by atoms with Crippen molar-refractivity contribution in [1.29, 1.82) is 0 Å². The molecule has 28 heavy (non-hydrogen) atoms. The van der Waals surface area contributed by atoms with Crippen LogP contribution in [-0.2, 0) is 11.3 Å². The van der Waals surface area contributed by atoms with E-state index in [1.54, 1.807) is 0 Å². The van der Waals surface area contributed by atoms with Crippen molar-refractivity contribution in [2.75, 3.05) is 13.1 Å². The molecule has 1 atom stereocenters. The topological polar surface area (TPSA) is 89.9 Å². The lowest BCUT2D eigenvalue weighted by Crippen LogP contribution is -2.39. The monoisotopic (exact) mass is 400 g/mol. The predicted octanol–water partition coefficient (Wildman–Crippen LogP) is 3.11. The van der Waals surface area contributed by atoms with Gasteiger partial charge in [0, 0.05) is 43.7 Å². The molecule has 0 spiro atoms. The number of amides is 1. The molecule has 1 amide bonds. The van der Waals surface area contributed by atoms with Crippen LogP contribution >= 0.6 is 11.5 Å². The lowest BCUT2D eigenvalue weighted by molar-refractivity contribution is -0.132. The van der Waals surface area contributed by atoms with Crippen LogP contribution in [0, 0.1) is 20.8 Å². The summed E-state index contributed by atoms with van der Waals surface area (Å²) in [5.74, 6) is 1.04. The van der Waals surface area contributed by atoms with Crippen molar-refractivity contribution < 1.29 is 9.32 Å². The Morgan fingerprint density at radius 3 is 2.86 bits per heavy atom. The van der Waals surface area contributed by atoms with Gasteiger partial charge < -0.3 is 9.42 Å². The van der Waals surface area contributed by atoms with Crippen molar-refractivity contribution in [1.82, 2.24) is 29.4 Å². The lowest BCUT2D eigenvalue weighted by atomic mass is 9.93. The van der Waals surface area contributed by atoms with Crippen molar-refractivity contribution in [3.63, 3.8) is 0 Å². The van der Waals surface area contributed by atoms with Gasteiger partial charge >= 0.3 is 0 Å². The molecule has 0 saturated carbocycles. The first-order valence-electron chi connectivity index (χ1n) is 9.56. The highest BCUT2D eigenvalue weighted by molar-refractivity contribution is 7.09. The van der Waals surface area contributed by atoms with E-state index < -0.39 is 0 Å². The third-order valence-electron chi connectivity index (χ3n) is 5.17. The SMILES string of the molecule is Cc1cc(-c2snnc2C2CCCN(C(=O)CCn3nc(C)cc3C)C2)on1. The standard InChI is InChI=1S/C19H24N6O2S/c1-12-9-14(3)25(21-12)8-6-17(26)24-7-4-5-15(11-24)18-19(28-23-20-18)16-10-13(2)22-27-16/h9-10,15H,4-8,11H2,1-3H3. The molecule has 3 aromatic heterocycles. The van der Waals surface area contributed by atoms with Gasteiger partial charge in [0.1, 0.15) is 4.88 Å². The normalized spacial score (nSPS) is 17.2. The maximum absolute atomic E-state index is 12.8. The second kappa shape index (κ2) is 7.83. The van der Waals surface area contributed by atoms with Crippen molar-refractivity contribution in [3.8, 4) is 10.6 Å². The molecular weight excluding hydrogens is 376 g/mol. The van der Waals surface area contributed by atoms with Crippen LogP contribution in [0.4, 0.5) is 0 Å². The smallest absolute Gasteiger partial charge is 0.224 e. The highest BCUT2D eigenvalue weighted by atomic mass is 32.1. The van der Waals surface area contributed by atoms with Crippen LogP contribution in [0.3, 0.4) is 0 Å². The van der Waals surface area contributed by atoms with Gasteiger partial charge in [0.25, 0.3) is 0 Å². The molecule has 0 aromatic carbocycles. The van der Waals surface area contributed by atoms with E-state index in [0.29, 0.717) is 25.3 Å². The quantitative estimate of drug-likeness (QED) is 0.654. The number of aromatic nitrogens is 5. The number of hydrogen-bond acceptors (Lipinski definition) is 7. The fraction of sp³-hybridized carbons (Fsp3) is 0.526. The van der Waals surface area contributed by atoms with E-state index in [1.165, 1.54) is 11.5 Å². The van der Waals surface area contributed by atoms with Crippen molar-refractivity contribution in [2.45, 2.75) is 52.5 Å². The van der Waals surface area contributed by atoms with Gasteiger partial charge in [-0.05, 0) is 51.2 Å². The Kier molecular flexibility index (Phi) is 5.25. The summed E-state index contributed by atoms with van der Waals surface area (Å²) in [7, 11) is 0. The average molecular weight is 401 g/mol. The Balaban J connectivity index is 1.43. The molecular formula is C19H24N6O2S. The first-order valence-corrected chi connectivity index (χ1v) is 10.3. The maximum Gasteiger partial charge on any atom is 0.224 e. The number of aryl methyl sites for hydroxylation is 4. The van der Waals surface area contributed by atoms with Crippen molar-refractivity contribution in [3.05, 3.63) is 34.9 Å². The van der Waals surface area contributed by atoms with Gasteiger partial charge in [0.15, 0.2) is 5.76 Å². The summed E-state index contributed by atoms with van der Waals surface area (Å²) in [5.41, 5.74) is 3.81. The first-order chi connectivity index (χ1) is 13.5. The molecule has 0 bridgehead atoms. The third-order valence-corrected chi connectivity index (χ3v) is 5.92. The number of carbonyl (C=O) groups is 1. The summed E-state index contributed by atoms with van der Waals surface area (Å²) in [6.45, 7) is 7.95. The van der Waals surface area contributed by atoms with Gasteiger partial charge in [0.05, 0.1) is 17.1 Å². The molecule has 1 aliphatic heterocycles. The summed E-state index contributed by atoms with van der Waals surface area (Å²) >= 11 is 1.32. The fourth-order valence-electron chi connectivity index (χ4n) is 3.79. The van der Waals surface area contributed by atoms with E-state index in [9.17, 15) is 4.79 Å². The third kappa shape index (κ3) is 3.84. The summed E-state index contributed by atoms with van der Waals surface area (Å²) in [6, 6.07) is 3.93. The lowest BCUT2D eigenvalue weighted by Gasteiger charge is -2.32. The highest BCUT2D eigenvalue weighted by Crippen LogP contribution is 2.35. The summed E-state index contributed by atoms with van der Waals surface area (Å²) in [5, 5.41) is 12.8. The van der Waals surface area contributed by atoms with Crippen LogP contribution in [0.5, 0.6) is 0 Å². The van der Waals surface area contributed by atoms with Gasteiger partial charge in [-0.3, -0.25) is 9.48 Å². The number of rotatable bonds is 5. The van der Waals surface area contributed by atoms with Crippen LogP contribution < -0.4 is 0 Å². The number of piperidine rings is 1. The Hall–Kier alpha value is -2.55. The zero-order chi connectivity index (χ0) is 19.7. The Bertz CT molecular complexity index is 975. The first kappa shape index (κ1) is 18.8. The van der Waals surface area contributed by atoms with Crippen LogP contribution in [0.1, 0.15) is 48.0 Å². The van der Waals surface area contributed by atoms with Crippen LogP contribution in [0.25, 0.3) is 10.6 Å². The molecule has 3 aromatic rings. The zero-order valence-corrected chi connectivity index (χ0v) is 17.2. The molecule has 148 valence electrons. The van der Waals surface area contributed by atoms with Crippen molar-refractivity contribution >= 4 is 17.4 Å². The summed E-state index contributed by atoms with van der Waals surface area (Å²) < 4.78 is 11.4. The average Bonchev–Trinajstić information content (AvgIpc) is 3.39. The Labute approximate surface area is 167 Å². The molecule has 4 rings (SSSR count). The van der Waals surface area contributed by atoms with E-state index in [1.807, 2.05) is 42.5 Å². The van der Waals surface area contributed by atoms with Crippen LogP contribution in [-0.4, -0.2) is 48.4 Å². The molecule has 4 heterocycles. The van der Waals surface area contributed by atoms with E-state index in [4.69, 9.17) is 4.52 Å². The van der Waals surface area contributed by atoms with E-state index in [0.717, 1.165) is 47.0 Å². The molecule has 1 aliphatic rings. The summed E-state index contributed by atoms with van der Waals surface area (Å²) in [6.07, 6.45) is 2.41. The van der Waals surface area contributed by atoms with Crippen LogP contribution in [0.15, 0.2) is 16.7 Å². The Morgan fingerprint density at radius 2 is 2.14 bits per heavy atom. The van der Waals surface area contributed by atoms with Gasteiger partial charge in [-0.2, -0.15) is 5.10 Å². The minimum absolute atomic E-state index is 0.164. The molecule has 8 nitrogen and oxygen atoms in total. The second-order valence-corrected chi connectivity index (χ2v) is 8.15. The molecule has 1 fully saturated rings. The second-order valence-electron chi connectivity index (χ2n) is 7.40. The van der Waals surface area contributed by atoms with E-state index in [-0.39, 0.29) is 11.8 Å². The summed E-state index contributed by atoms with van der Waals surface area (Å²) in [4.78, 5) is 15.7. The predicted molar refractivity (Wildman–Crippen MR) is 105 cm³/mol. The molecule has 0 N–H and O–H groups in total. The molecule has 1 unspecified atom stereocenters. The Morgan fingerprint density at radius 1 is 1.29 bits per heavy atom. The number of likely N-dealkylation sites (tertiary alicyclic amines) is 1. The molecule has 9 heteroatoms. The van der Waals surface area contributed by atoms with E-state index in [2.05, 4.69) is 19.8 Å². The fourth-order valence-corrected chi connectivity index (χ4v) is 4.49. The molecule has 1 saturated heterocycles. The molecule has 0 radical (unpaired) electrons. The minimum Gasteiger partial charge on any atom is -0.355 e. The number of hydrogen-bond donors (Lipinski definition) is 0. The minimum atomic E-state index is 0.164.